The number of hydrogen-bond acceptors (Lipinski definition) is 7. The second-order valence-electron chi connectivity index (χ2n) is 8.08. The number of amides is 1. The molecule has 5 rings (SSSR count). The lowest BCUT2D eigenvalue weighted by molar-refractivity contribution is -0.112. The first kappa shape index (κ1) is 24.4. The summed E-state index contributed by atoms with van der Waals surface area (Å²) < 4.78 is 8.16. The number of carbonyl (C=O) groups is 1. The van der Waals surface area contributed by atoms with Gasteiger partial charge in [0.05, 0.1) is 29.8 Å². The van der Waals surface area contributed by atoms with Crippen LogP contribution < -0.4 is 29.4 Å². The highest BCUT2D eigenvalue weighted by Crippen LogP contribution is 2.47. The van der Waals surface area contributed by atoms with Gasteiger partial charge in [-0.2, -0.15) is 10.1 Å². The summed E-state index contributed by atoms with van der Waals surface area (Å²) >= 11 is 8.88. The third-order valence-corrected chi connectivity index (χ3v) is 8.67. The van der Waals surface area contributed by atoms with E-state index in [2.05, 4.69) is 16.6 Å². The van der Waals surface area contributed by atoms with Gasteiger partial charge < -0.3 is 9.64 Å². The Kier molecular flexibility index (Phi) is 6.55. The lowest BCUT2D eigenvalue weighted by Gasteiger charge is -2.17. The summed E-state index contributed by atoms with van der Waals surface area (Å²) in [7, 11) is 1.64. The highest BCUT2D eigenvalue weighted by molar-refractivity contribution is 8.08. The van der Waals surface area contributed by atoms with Gasteiger partial charge in [0.15, 0.2) is 0 Å². The summed E-state index contributed by atoms with van der Waals surface area (Å²) in [5, 5.41) is 7.26. The van der Waals surface area contributed by atoms with Crippen LogP contribution in [0.3, 0.4) is 0 Å². The number of benzene rings is 2. The maximum absolute atomic E-state index is 13.7. The Balaban J connectivity index is 1.72. The van der Waals surface area contributed by atoms with Crippen molar-refractivity contribution >= 4 is 68.3 Å². The zero-order valence-corrected chi connectivity index (χ0v) is 22.3. The Hall–Kier alpha value is -3.27. The van der Waals surface area contributed by atoms with Gasteiger partial charge in [0.1, 0.15) is 20.0 Å². The number of ether oxygens (including phenoxy) is 1. The summed E-state index contributed by atoms with van der Waals surface area (Å²) in [6.07, 6.45) is 1.66. The Labute approximate surface area is 221 Å². The molecule has 7 nitrogen and oxygen atoms in total. The highest BCUT2D eigenvalue weighted by atomic mass is 35.5. The zero-order chi connectivity index (χ0) is 25.6. The van der Waals surface area contributed by atoms with Crippen LogP contribution in [-0.2, 0) is 11.3 Å². The van der Waals surface area contributed by atoms with Crippen LogP contribution in [0.2, 0.25) is 5.02 Å². The second kappa shape index (κ2) is 9.65. The van der Waals surface area contributed by atoms with E-state index >= 15 is 0 Å². The van der Waals surface area contributed by atoms with Crippen LogP contribution in [0.5, 0.6) is 5.75 Å². The van der Waals surface area contributed by atoms with Crippen LogP contribution >= 0.6 is 34.7 Å². The van der Waals surface area contributed by atoms with Crippen LogP contribution in [0, 0.1) is 0 Å². The topological polar surface area (TPSA) is 67.1 Å². The number of thiazole rings is 1. The Morgan fingerprint density at radius 1 is 1.17 bits per heavy atom. The fourth-order valence-corrected chi connectivity index (χ4v) is 6.91. The SMILES string of the molecule is C=CCn1c(=O)/c(=C2/Sc3ccc(OC)cc3N2CC)s/c1=C1/C(=O)N(c2ccc(Cl)cc2)N=C1C. The minimum absolute atomic E-state index is 0.159. The standard InChI is InChI=1S/C26H23ClN4O3S2/c1-5-13-30-24(33)22(26-29(6-2)19-14-18(34-4)11-12-20(19)35-26)36-25(30)21-15(3)28-31(23(21)32)17-9-7-16(27)8-10-17/h5,7-12,14H,1,6,13H2,2-4H3/b25-21+,26-22-. The fourth-order valence-electron chi connectivity index (χ4n) is 4.21. The number of hydrogen-bond donors (Lipinski definition) is 0. The van der Waals surface area contributed by atoms with Gasteiger partial charge in [-0.3, -0.25) is 14.2 Å². The van der Waals surface area contributed by atoms with Crippen molar-refractivity contribution in [3.8, 4) is 5.75 Å². The van der Waals surface area contributed by atoms with E-state index in [4.69, 9.17) is 16.3 Å². The van der Waals surface area contributed by atoms with Crippen molar-refractivity contribution in [1.29, 1.82) is 0 Å². The van der Waals surface area contributed by atoms with Crippen molar-refractivity contribution in [2.24, 2.45) is 5.10 Å². The first-order chi connectivity index (χ1) is 17.4. The molecule has 0 unspecified atom stereocenters. The normalized spacial score (nSPS) is 18.0. The molecule has 2 aliphatic heterocycles. The van der Waals surface area contributed by atoms with E-state index in [9.17, 15) is 9.59 Å². The number of thioether (sulfide) groups is 1. The monoisotopic (exact) mass is 538 g/mol. The lowest BCUT2D eigenvalue weighted by Crippen LogP contribution is -2.35. The van der Waals surface area contributed by atoms with E-state index in [1.54, 1.807) is 60.7 Å². The first-order valence-corrected chi connectivity index (χ1v) is 13.3. The fraction of sp³-hybridized carbons (Fsp3) is 0.192. The molecule has 0 fully saturated rings. The molecule has 0 N–H and O–H groups in total. The molecule has 0 saturated carbocycles. The van der Waals surface area contributed by atoms with Crippen molar-refractivity contribution in [3.05, 3.63) is 79.7 Å². The molecule has 1 aromatic heterocycles. The minimum Gasteiger partial charge on any atom is -0.497 e. The van der Waals surface area contributed by atoms with Crippen molar-refractivity contribution < 1.29 is 9.53 Å². The summed E-state index contributed by atoms with van der Waals surface area (Å²) in [5.74, 6) is 0.469. The molecule has 184 valence electrons. The molecule has 0 bridgehead atoms. The number of anilines is 2. The van der Waals surface area contributed by atoms with E-state index in [1.807, 2.05) is 25.1 Å². The van der Waals surface area contributed by atoms with Gasteiger partial charge in [0.25, 0.3) is 11.5 Å². The minimum atomic E-state index is -0.287. The molecule has 2 aromatic carbocycles. The Morgan fingerprint density at radius 3 is 2.58 bits per heavy atom. The number of hydrazone groups is 1. The number of nitrogens with zero attached hydrogens (tertiary/aromatic N) is 4. The number of fused-ring (bicyclic) bond motifs is 1. The number of aromatic nitrogens is 1. The van der Waals surface area contributed by atoms with Gasteiger partial charge in [0.2, 0.25) is 0 Å². The van der Waals surface area contributed by atoms with Crippen molar-refractivity contribution in [2.75, 3.05) is 23.6 Å². The van der Waals surface area contributed by atoms with Crippen LogP contribution in [0.1, 0.15) is 13.8 Å². The third kappa shape index (κ3) is 3.97. The number of rotatable bonds is 5. The summed E-state index contributed by atoms with van der Waals surface area (Å²) in [6.45, 7) is 8.60. The highest BCUT2D eigenvalue weighted by Gasteiger charge is 2.32. The van der Waals surface area contributed by atoms with E-state index in [-0.39, 0.29) is 18.0 Å². The van der Waals surface area contributed by atoms with Gasteiger partial charge >= 0.3 is 0 Å². The molecular formula is C26H23ClN4O3S2. The molecule has 0 aliphatic carbocycles. The number of allylic oxidation sites excluding steroid dienone is 1. The molecule has 10 heteroatoms. The predicted octanol–water partition coefficient (Wildman–Crippen LogP) is 4.03. The summed E-state index contributed by atoms with van der Waals surface area (Å²) in [5.41, 5.74) is 2.40. The van der Waals surface area contributed by atoms with Crippen molar-refractivity contribution in [1.82, 2.24) is 4.57 Å². The molecule has 3 aromatic rings. The smallest absolute Gasteiger partial charge is 0.283 e. The molecule has 36 heavy (non-hydrogen) atoms. The van der Waals surface area contributed by atoms with E-state index < -0.39 is 0 Å². The van der Waals surface area contributed by atoms with Gasteiger partial charge in [-0.15, -0.1) is 17.9 Å². The average Bonchev–Trinajstić information content (AvgIpc) is 3.50. The van der Waals surface area contributed by atoms with Gasteiger partial charge in [-0.1, -0.05) is 29.4 Å². The molecule has 1 amide bonds. The van der Waals surface area contributed by atoms with Crippen LogP contribution in [-0.4, -0.2) is 29.8 Å². The Morgan fingerprint density at radius 2 is 1.92 bits per heavy atom. The maximum atomic E-state index is 13.7. The lowest BCUT2D eigenvalue weighted by atomic mass is 10.2. The molecule has 0 spiro atoms. The molecule has 3 heterocycles. The largest absolute Gasteiger partial charge is 0.497 e. The number of carbonyl (C=O) groups excluding carboxylic acids is 1. The molecule has 0 saturated heterocycles. The van der Waals surface area contributed by atoms with E-state index in [1.165, 1.54) is 16.3 Å². The van der Waals surface area contributed by atoms with Crippen molar-refractivity contribution in [2.45, 2.75) is 25.3 Å². The average molecular weight is 539 g/mol. The third-order valence-electron chi connectivity index (χ3n) is 5.92. The summed E-state index contributed by atoms with van der Waals surface area (Å²) in [4.78, 5) is 30.4. The maximum Gasteiger partial charge on any atom is 0.283 e. The first-order valence-electron chi connectivity index (χ1n) is 11.3. The van der Waals surface area contributed by atoms with Gasteiger partial charge in [-0.05, 0) is 50.2 Å². The van der Waals surface area contributed by atoms with Crippen LogP contribution in [0.25, 0.3) is 10.6 Å². The van der Waals surface area contributed by atoms with Gasteiger partial charge in [0, 0.05) is 29.1 Å². The van der Waals surface area contributed by atoms with Crippen molar-refractivity contribution in [3.63, 3.8) is 0 Å². The molecule has 0 radical (unpaired) electrons. The number of methoxy groups -OCH3 is 1. The van der Waals surface area contributed by atoms with Crippen LogP contribution in [0.15, 0.2) is 69.9 Å². The summed E-state index contributed by atoms with van der Waals surface area (Å²) in [6, 6.07) is 12.8. The number of halogens is 1. The van der Waals surface area contributed by atoms with E-state index in [0.29, 0.717) is 37.7 Å². The zero-order valence-electron chi connectivity index (χ0n) is 19.9. The second-order valence-corrected chi connectivity index (χ2v) is 10.5. The molecule has 0 atom stereocenters. The quantitative estimate of drug-likeness (QED) is 0.459. The molecule has 2 aliphatic rings. The predicted molar refractivity (Wildman–Crippen MR) is 149 cm³/mol. The van der Waals surface area contributed by atoms with Gasteiger partial charge in [-0.25, -0.2) is 0 Å². The van der Waals surface area contributed by atoms with Crippen LogP contribution in [0.4, 0.5) is 11.4 Å². The Bertz CT molecular complexity index is 1610. The molecular weight excluding hydrogens is 516 g/mol. The van der Waals surface area contributed by atoms with E-state index in [0.717, 1.165) is 21.4 Å².